The van der Waals surface area contributed by atoms with Crippen LogP contribution in [0, 0.1) is 12.8 Å². The van der Waals surface area contributed by atoms with Crippen LogP contribution in [0.1, 0.15) is 24.8 Å². The molecular weight excluding hydrogens is 250 g/mol. The van der Waals surface area contributed by atoms with Crippen LogP contribution in [-0.4, -0.2) is 23.0 Å². The molecule has 2 N–H and O–H groups in total. The average molecular weight is 266 g/mol. The van der Waals surface area contributed by atoms with Crippen LogP contribution >= 0.6 is 11.6 Å². The highest BCUT2D eigenvalue weighted by atomic mass is 35.5. The summed E-state index contributed by atoms with van der Waals surface area (Å²) in [6.45, 7) is 1.93. The molecule has 3 rings (SSSR count). The predicted molar refractivity (Wildman–Crippen MR) is 70.7 cm³/mol. The van der Waals surface area contributed by atoms with Crippen LogP contribution in [0.3, 0.4) is 0 Å². The molecule has 2 saturated heterocycles. The molecule has 1 amide bonds. The van der Waals surface area contributed by atoms with E-state index in [0.29, 0.717) is 22.9 Å². The van der Waals surface area contributed by atoms with Gasteiger partial charge in [0.15, 0.2) is 5.15 Å². The van der Waals surface area contributed by atoms with Gasteiger partial charge in [0.25, 0.3) is 0 Å². The van der Waals surface area contributed by atoms with Gasteiger partial charge in [-0.3, -0.25) is 4.79 Å². The number of fused-ring (bicyclic) bond motifs is 2. The van der Waals surface area contributed by atoms with Gasteiger partial charge in [-0.2, -0.15) is 0 Å². The van der Waals surface area contributed by atoms with E-state index in [1.54, 1.807) is 6.20 Å². The maximum atomic E-state index is 12.2. The molecule has 1 aromatic heterocycles. The molecule has 4 nitrogen and oxygen atoms in total. The van der Waals surface area contributed by atoms with E-state index in [1.807, 2.05) is 13.0 Å². The number of hydrogen-bond donors (Lipinski definition) is 2. The average Bonchev–Trinajstić information content (AvgIpc) is 2.96. The number of carbonyl (C=O) groups is 1. The van der Waals surface area contributed by atoms with Gasteiger partial charge in [-0.15, -0.1) is 0 Å². The Labute approximate surface area is 111 Å². The summed E-state index contributed by atoms with van der Waals surface area (Å²) in [6, 6.07) is 2.72. The first-order valence-corrected chi connectivity index (χ1v) is 6.70. The number of amides is 1. The molecule has 0 radical (unpaired) electrons. The second-order valence-corrected chi connectivity index (χ2v) is 5.59. The van der Waals surface area contributed by atoms with Crippen molar-refractivity contribution in [1.82, 2.24) is 10.3 Å². The minimum Gasteiger partial charge on any atom is -0.323 e. The van der Waals surface area contributed by atoms with Gasteiger partial charge >= 0.3 is 0 Å². The summed E-state index contributed by atoms with van der Waals surface area (Å²) < 4.78 is 0. The van der Waals surface area contributed by atoms with Crippen LogP contribution in [-0.2, 0) is 4.79 Å². The van der Waals surface area contributed by atoms with Crippen LogP contribution in [0.15, 0.2) is 12.3 Å². The molecule has 0 aromatic carbocycles. The maximum Gasteiger partial charge on any atom is 0.229 e. The van der Waals surface area contributed by atoms with E-state index < -0.39 is 0 Å². The van der Waals surface area contributed by atoms with Crippen molar-refractivity contribution in [2.24, 2.45) is 5.92 Å². The van der Waals surface area contributed by atoms with Gasteiger partial charge in [0.05, 0.1) is 11.6 Å². The zero-order valence-electron chi connectivity index (χ0n) is 10.2. The lowest BCUT2D eigenvalue weighted by Crippen LogP contribution is -2.32. The van der Waals surface area contributed by atoms with Crippen molar-refractivity contribution in [3.8, 4) is 0 Å². The van der Waals surface area contributed by atoms with Crippen LogP contribution < -0.4 is 10.6 Å². The first-order chi connectivity index (χ1) is 8.63. The highest BCUT2D eigenvalue weighted by Gasteiger charge is 2.42. The molecule has 2 aliphatic heterocycles. The summed E-state index contributed by atoms with van der Waals surface area (Å²) in [5.74, 6) is 0.129. The number of aryl methyl sites for hydroxylation is 1. The molecular formula is C13H16ClN3O. The third-order valence-electron chi connectivity index (χ3n) is 3.87. The summed E-state index contributed by atoms with van der Waals surface area (Å²) in [6.07, 6.45) is 4.92. The minimum absolute atomic E-state index is 0.0593. The van der Waals surface area contributed by atoms with Gasteiger partial charge < -0.3 is 10.6 Å². The Kier molecular flexibility index (Phi) is 2.99. The normalized spacial score (nSPS) is 29.6. The Morgan fingerprint density at radius 1 is 1.56 bits per heavy atom. The smallest absolute Gasteiger partial charge is 0.229 e. The Morgan fingerprint density at radius 3 is 3.06 bits per heavy atom. The minimum atomic E-state index is 0.0593. The summed E-state index contributed by atoms with van der Waals surface area (Å²) in [4.78, 5) is 16.3. The number of hydrogen-bond acceptors (Lipinski definition) is 3. The van der Waals surface area contributed by atoms with Crippen LogP contribution in [0.25, 0.3) is 0 Å². The van der Waals surface area contributed by atoms with Gasteiger partial charge in [-0.25, -0.2) is 4.98 Å². The SMILES string of the molecule is Cc1cnc(Cl)c(NC(=O)C2CC3CCC2N3)c1. The molecule has 96 valence electrons. The summed E-state index contributed by atoms with van der Waals surface area (Å²) in [7, 11) is 0. The van der Waals surface area contributed by atoms with Crippen LogP contribution in [0.4, 0.5) is 5.69 Å². The third kappa shape index (κ3) is 2.10. The molecule has 0 saturated carbocycles. The standard InChI is InChI=1S/C13H16ClN3O/c1-7-4-11(12(14)15-6-7)17-13(18)9-5-8-2-3-10(9)16-8/h4,6,8-10,16H,2-3,5H2,1H3,(H,17,18). The molecule has 18 heavy (non-hydrogen) atoms. The first kappa shape index (κ1) is 11.9. The van der Waals surface area contributed by atoms with Crippen molar-refractivity contribution in [1.29, 1.82) is 0 Å². The maximum absolute atomic E-state index is 12.2. The van der Waals surface area contributed by atoms with Crippen molar-refractivity contribution in [2.75, 3.05) is 5.32 Å². The van der Waals surface area contributed by atoms with Gasteiger partial charge in [0, 0.05) is 18.3 Å². The van der Waals surface area contributed by atoms with Gasteiger partial charge in [0.1, 0.15) is 0 Å². The summed E-state index contributed by atoms with van der Waals surface area (Å²) >= 11 is 5.98. The highest BCUT2D eigenvalue weighted by Crippen LogP contribution is 2.34. The molecule has 0 spiro atoms. The molecule has 1 aromatic rings. The number of aromatic nitrogens is 1. The van der Waals surface area contributed by atoms with Gasteiger partial charge in [-0.05, 0) is 37.8 Å². The number of nitrogens with one attached hydrogen (secondary N) is 2. The largest absolute Gasteiger partial charge is 0.323 e. The Balaban J connectivity index is 1.72. The monoisotopic (exact) mass is 265 g/mol. The summed E-state index contributed by atoms with van der Waals surface area (Å²) in [5.41, 5.74) is 1.60. The van der Waals surface area contributed by atoms with E-state index in [1.165, 1.54) is 6.42 Å². The number of nitrogens with zero attached hydrogens (tertiary/aromatic N) is 1. The molecule has 2 aliphatic rings. The lowest BCUT2D eigenvalue weighted by molar-refractivity contribution is -0.120. The number of carbonyl (C=O) groups excluding carboxylic acids is 1. The second kappa shape index (κ2) is 4.52. The van der Waals surface area contributed by atoms with Crippen molar-refractivity contribution in [2.45, 2.75) is 38.3 Å². The highest BCUT2D eigenvalue weighted by molar-refractivity contribution is 6.32. The van der Waals surface area contributed by atoms with E-state index in [2.05, 4.69) is 15.6 Å². The summed E-state index contributed by atoms with van der Waals surface area (Å²) in [5, 5.41) is 6.72. The zero-order chi connectivity index (χ0) is 12.7. The molecule has 3 unspecified atom stereocenters. The van der Waals surface area contributed by atoms with Crippen molar-refractivity contribution in [3.05, 3.63) is 23.0 Å². The first-order valence-electron chi connectivity index (χ1n) is 6.32. The topological polar surface area (TPSA) is 54.0 Å². The van der Waals surface area contributed by atoms with E-state index in [4.69, 9.17) is 11.6 Å². The fraction of sp³-hybridized carbons (Fsp3) is 0.538. The molecule has 3 atom stereocenters. The Morgan fingerprint density at radius 2 is 2.39 bits per heavy atom. The molecule has 5 heteroatoms. The fourth-order valence-electron chi connectivity index (χ4n) is 2.98. The number of rotatable bonds is 2. The Bertz CT molecular complexity index is 491. The van der Waals surface area contributed by atoms with Gasteiger partial charge in [0.2, 0.25) is 5.91 Å². The zero-order valence-corrected chi connectivity index (χ0v) is 11.0. The van der Waals surface area contributed by atoms with E-state index in [0.717, 1.165) is 18.4 Å². The van der Waals surface area contributed by atoms with Crippen LogP contribution in [0.2, 0.25) is 5.15 Å². The third-order valence-corrected chi connectivity index (χ3v) is 4.17. The molecule has 0 aliphatic carbocycles. The van der Waals surface area contributed by atoms with E-state index in [-0.39, 0.29) is 11.8 Å². The number of halogens is 1. The number of anilines is 1. The van der Waals surface area contributed by atoms with Crippen molar-refractivity contribution >= 4 is 23.2 Å². The van der Waals surface area contributed by atoms with E-state index in [9.17, 15) is 4.79 Å². The molecule has 2 fully saturated rings. The Hall–Kier alpha value is -1.13. The molecule has 2 bridgehead atoms. The second-order valence-electron chi connectivity index (χ2n) is 5.23. The lowest BCUT2D eigenvalue weighted by atomic mass is 9.88. The van der Waals surface area contributed by atoms with Crippen molar-refractivity contribution < 1.29 is 4.79 Å². The molecule has 3 heterocycles. The van der Waals surface area contributed by atoms with Crippen molar-refractivity contribution in [3.63, 3.8) is 0 Å². The number of pyridine rings is 1. The lowest BCUT2D eigenvalue weighted by Gasteiger charge is -2.19. The van der Waals surface area contributed by atoms with Gasteiger partial charge in [-0.1, -0.05) is 11.6 Å². The quantitative estimate of drug-likeness (QED) is 0.806. The van der Waals surface area contributed by atoms with E-state index >= 15 is 0 Å². The van der Waals surface area contributed by atoms with Crippen LogP contribution in [0.5, 0.6) is 0 Å². The fourth-order valence-corrected chi connectivity index (χ4v) is 3.13. The predicted octanol–water partition coefficient (Wildman–Crippen LogP) is 2.12.